The smallest absolute Gasteiger partial charge is 0.256 e. The number of fused-ring (bicyclic) bond motifs is 3. The van der Waals surface area contributed by atoms with Crippen LogP contribution in [0.4, 0.5) is 4.39 Å². The van der Waals surface area contributed by atoms with Gasteiger partial charge in [-0.05, 0) is 30.1 Å². The van der Waals surface area contributed by atoms with Crippen LogP contribution in [-0.2, 0) is 5.75 Å². The van der Waals surface area contributed by atoms with E-state index in [1.54, 1.807) is 17.8 Å². The summed E-state index contributed by atoms with van der Waals surface area (Å²) < 4.78 is 13.3. The van der Waals surface area contributed by atoms with E-state index in [0.717, 1.165) is 28.1 Å². The van der Waals surface area contributed by atoms with E-state index < -0.39 is 0 Å². The summed E-state index contributed by atoms with van der Waals surface area (Å²) in [7, 11) is 1.90. The monoisotopic (exact) mass is 264 g/mol. The third-order valence-corrected chi connectivity index (χ3v) is 4.40. The molecule has 1 atom stereocenters. The lowest BCUT2D eigenvalue weighted by molar-refractivity contribution is 0.628. The highest BCUT2D eigenvalue weighted by Gasteiger charge is 2.23. The SMILES string of the molecule is CNC1CSCc2[nH]c(=O)c3cc(F)ccc3c21. The Hall–Kier alpha value is -1.33. The second kappa shape index (κ2) is 4.40. The van der Waals surface area contributed by atoms with Crippen molar-refractivity contribution >= 4 is 22.5 Å². The molecule has 5 heteroatoms. The van der Waals surface area contributed by atoms with Crippen LogP contribution in [0.5, 0.6) is 0 Å². The standard InChI is InChI=1S/C13H13FN2OS/c1-15-10-5-18-6-11-12(10)8-3-2-7(14)4-9(8)13(17)16-11/h2-4,10,15H,5-6H2,1H3,(H,16,17). The number of thioether (sulfide) groups is 1. The van der Waals surface area contributed by atoms with Gasteiger partial charge in [-0.25, -0.2) is 4.39 Å². The van der Waals surface area contributed by atoms with Gasteiger partial charge in [-0.3, -0.25) is 4.79 Å². The zero-order valence-electron chi connectivity index (χ0n) is 9.92. The van der Waals surface area contributed by atoms with Crippen LogP contribution >= 0.6 is 11.8 Å². The van der Waals surface area contributed by atoms with Crippen LogP contribution in [0.15, 0.2) is 23.0 Å². The molecular formula is C13H13FN2OS. The quantitative estimate of drug-likeness (QED) is 0.829. The summed E-state index contributed by atoms with van der Waals surface area (Å²) in [5.74, 6) is 1.39. The Labute approximate surface area is 108 Å². The number of halogens is 1. The fourth-order valence-electron chi connectivity index (χ4n) is 2.48. The number of hydrogen-bond donors (Lipinski definition) is 2. The molecule has 0 saturated carbocycles. The predicted molar refractivity (Wildman–Crippen MR) is 72.5 cm³/mol. The number of benzene rings is 1. The fraction of sp³-hybridized carbons (Fsp3) is 0.308. The topological polar surface area (TPSA) is 44.9 Å². The van der Waals surface area contributed by atoms with Gasteiger partial charge in [-0.15, -0.1) is 0 Å². The number of hydrogen-bond acceptors (Lipinski definition) is 3. The van der Waals surface area contributed by atoms with E-state index >= 15 is 0 Å². The minimum absolute atomic E-state index is 0.198. The molecule has 0 saturated heterocycles. The number of rotatable bonds is 1. The summed E-state index contributed by atoms with van der Waals surface area (Å²) in [6, 6.07) is 4.63. The van der Waals surface area contributed by atoms with Crippen molar-refractivity contribution in [2.75, 3.05) is 12.8 Å². The van der Waals surface area contributed by atoms with Crippen LogP contribution in [0.3, 0.4) is 0 Å². The number of nitrogens with one attached hydrogen (secondary N) is 2. The van der Waals surface area contributed by atoms with Crippen molar-refractivity contribution in [1.29, 1.82) is 0 Å². The number of pyridine rings is 1. The van der Waals surface area contributed by atoms with E-state index in [1.165, 1.54) is 12.1 Å². The Morgan fingerprint density at radius 1 is 1.44 bits per heavy atom. The molecule has 0 fully saturated rings. The largest absolute Gasteiger partial charge is 0.324 e. The number of H-pyrrole nitrogens is 1. The lowest BCUT2D eigenvalue weighted by atomic mass is 9.98. The van der Waals surface area contributed by atoms with E-state index in [9.17, 15) is 9.18 Å². The van der Waals surface area contributed by atoms with Crippen molar-refractivity contribution in [1.82, 2.24) is 10.3 Å². The lowest BCUT2D eigenvalue weighted by Gasteiger charge is -2.25. The van der Waals surface area contributed by atoms with Gasteiger partial charge < -0.3 is 10.3 Å². The van der Waals surface area contributed by atoms with Crippen LogP contribution in [0.25, 0.3) is 10.8 Å². The average molecular weight is 264 g/mol. The molecule has 0 radical (unpaired) electrons. The van der Waals surface area contributed by atoms with Crippen LogP contribution in [0.1, 0.15) is 17.3 Å². The molecule has 2 heterocycles. The van der Waals surface area contributed by atoms with Gasteiger partial charge in [0.1, 0.15) is 5.82 Å². The molecule has 18 heavy (non-hydrogen) atoms. The molecule has 2 N–H and O–H groups in total. The Bertz CT molecular complexity index is 668. The lowest BCUT2D eigenvalue weighted by Crippen LogP contribution is -2.26. The zero-order valence-corrected chi connectivity index (χ0v) is 10.7. The summed E-state index contributed by atoms with van der Waals surface area (Å²) in [6.07, 6.45) is 0. The Balaban J connectivity index is 2.39. The first-order chi connectivity index (χ1) is 8.70. The van der Waals surface area contributed by atoms with Gasteiger partial charge in [0.05, 0.1) is 5.39 Å². The van der Waals surface area contributed by atoms with Crippen molar-refractivity contribution in [3.63, 3.8) is 0 Å². The molecule has 3 nitrogen and oxygen atoms in total. The van der Waals surface area contributed by atoms with E-state index in [2.05, 4.69) is 10.3 Å². The second-order valence-electron chi connectivity index (χ2n) is 4.39. The number of aromatic nitrogens is 1. The van der Waals surface area contributed by atoms with E-state index in [1.807, 2.05) is 7.05 Å². The third-order valence-electron chi connectivity index (χ3n) is 3.33. The van der Waals surface area contributed by atoms with Gasteiger partial charge >= 0.3 is 0 Å². The van der Waals surface area contributed by atoms with Gasteiger partial charge in [-0.1, -0.05) is 6.07 Å². The summed E-state index contributed by atoms with van der Waals surface area (Å²) in [5.41, 5.74) is 1.85. The number of aromatic amines is 1. The molecule has 0 amide bonds. The molecule has 1 aromatic heterocycles. The first-order valence-electron chi connectivity index (χ1n) is 5.80. The highest BCUT2D eigenvalue weighted by Crippen LogP contribution is 2.34. The van der Waals surface area contributed by atoms with E-state index in [-0.39, 0.29) is 17.4 Å². The maximum Gasteiger partial charge on any atom is 0.256 e. The van der Waals surface area contributed by atoms with E-state index in [0.29, 0.717) is 5.39 Å². The molecule has 1 unspecified atom stereocenters. The Morgan fingerprint density at radius 2 is 2.28 bits per heavy atom. The highest BCUT2D eigenvalue weighted by molar-refractivity contribution is 7.98. The molecule has 3 rings (SSSR count). The first kappa shape index (κ1) is 11.7. The zero-order chi connectivity index (χ0) is 12.7. The van der Waals surface area contributed by atoms with E-state index in [4.69, 9.17) is 0 Å². The average Bonchev–Trinajstić information content (AvgIpc) is 2.38. The molecule has 1 aliphatic heterocycles. The molecule has 0 bridgehead atoms. The van der Waals surface area contributed by atoms with Gasteiger partial charge in [0, 0.05) is 23.2 Å². The van der Waals surface area contributed by atoms with Crippen LogP contribution in [0, 0.1) is 5.82 Å². The van der Waals surface area contributed by atoms with Gasteiger partial charge in [0.15, 0.2) is 0 Å². The van der Waals surface area contributed by atoms with Crippen molar-refractivity contribution in [2.45, 2.75) is 11.8 Å². The normalized spacial score (nSPS) is 18.9. The minimum atomic E-state index is -0.376. The third kappa shape index (κ3) is 1.74. The Morgan fingerprint density at radius 3 is 3.06 bits per heavy atom. The van der Waals surface area contributed by atoms with Crippen LogP contribution in [-0.4, -0.2) is 17.8 Å². The maximum absolute atomic E-state index is 13.3. The second-order valence-corrected chi connectivity index (χ2v) is 5.42. The molecule has 0 aliphatic carbocycles. The molecule has 1 aromatic carbocycles. The van der Waals surface area contributed by atoms with Crippen molar-refractivity contribution in [3.05, 3.63) is 45.6 Å². The summed E-state index contributed by atoms with van der Waals surface area (Å²) >= 11 is 1.78. The Kier molecular flexibility index (Phi) is 2.87. The van der Waals surface area contributed by atoms with Crippen molar-refractivity contribution in [3.8, 4) is 0 Å². The van der Waals surface area contributed by atoms with Gasteiger partial charge in [0.2, 0.25) is 0 Å². The predicted octanol–water partition coefficient (Wildman–Crippen LogP) is 2.17. The van der Waals surface area contributed by atoms with Gasteiger partial charge in [0.25, 0.3) is 5.56 Å². The first-order valence-corrected chi connectivity index (χ1v) is 6.95. The fourth-order valence-corrected chi connectivity index (χ4v) is 3.59. The van der Waals surface area contributed by atoms with Gasteiger partial charge in [-0.2, -0.15) is 11.8 Å². The molecule has 0 spiro atoms. The van der Waals surface area contributed by atoms with Crippen LogP contribution in [0.2, 0.25) is 0 Å². The molecule has 94 valence electrons. The van der Waals surface area contributed by atoms with Crippen molar-refractivity contribution in [2.24, 2.45) is 0 Å². The molecule has 2 aromatic rings. The van der Waals surface area contributed by atoms with Crippen molar-refractivity contribution < 1.29 is 4.39 Å². The van der Waals surface area contributed by atoms with Crippen LogP contribution < -0.4 is 10.9 Å². The summed E-state index contributed by atoms with van der Waals surface area (Å²) in [5, 5.41) is 4.54. The molecule has 1 aliphatic rings. The summed E-state index contributed by atoms with van der Waals surface area (Å²) in [4.78, 5) is 14.8. The minimum Gasteiger partial charge on any atom is -0.324 e. The highest BCUT2D eigenvalue weighted by atomic mass is 32.2. The summed E-state index contributed by atoms with van der Waals surface area (Å²) in [6.45, 7) is 0. The molecular weight excluding hydrogens is 251 g/mol. The maximum atomic E-state index is 13.3.